The minimum atomic E-state index is -1.07. The van der Waals surface area contributed by atoms with Gasteiger partial charge in [-0.25, -0.2) is 4.79 Å². The lowest BCUT2D eigenvalue weighted by atomic mass is 9.85. The van der Waals surface area contributed by atoms with Crippen LogP contribution in [0.3, 0.4) is 0 Å². The van der Waals surface area contributed by atoms with E-state index in [9.17, 15) is 24.0 Å². The molecule has 1 aromatic carbocycles. The number of oxime groups is 1. The largest absolute Gasteiger partial charge is 0.493 e. The van der Waals surface area contributed by atoms with E-state index in [1.807, 2.05) is 53.7 Å². The zero-order valence-electron chi connectivity index (χ0n) is 31.3. The number of hydrogen-bond acceptors (Lipinski definition) is 9. The predicted octanol–water partition coefficient (Wildman–Crippen LogP) is 4.10. The van der Waals surface area contributed by atoms with E-state index in [-0.39, 0.29) is 25.4 Å². The molecule has 0 unspecified atom stereocenters. The predicted molar refractivity (Wildman–Crippen MR) is 188 cm³/mol. The lowest BCUT2D eigenvalue weighted by Gasteiger charge is -2.36. The average molecular weight is 698 g/mol. The fourth-order valence-corrected chi connectivity index (χ4v) is 6.61. The first kappa shape index (κ1) is 38.6. The van der Waals surface area contributed by atoms with Gasteiger partial charge >= 0.3 is 6.09 Å². The van der Waals surface area contributed by atoms with Crippen molar-refractivity contribution < 1.29 is 38.3 Å². The standard InChI is InChI=1S/C37H55N5O8/c1-11-38-32(45)28(43)25(17-23-13-14-23)39-31(44)27-19-37(18-26(41-50-37)24-15-21(3)29(48-12-2)22(4)16-24)20-42(27)33(46)30(35(5,6)7)40-34(47)49-36(8,9)10/h15-16,23,25,27,30H,11-14,17-20H2,1-10H3,(H,38,45)(H,39,44)(H,40,47)/t25-,27-,30+,37+/m0/s1. The Labute approximate surface area is 295 Å². The molecule has 4 atom stereocenters. The molecule has 1 spiro atoms. The summed E-state index contributed by atoms with van der Waals surface area (Å²) in [6.07, 6.45) is 1.79. The van der Waals surface area contributed by atoms with Crippen LogP contribution in [0.2, 0.25) is 0 Å². The summed E-state index contributed by atoms with van der Waals surface area (Å²) < 4.78 is 11.3. The molecule has 276 valence electrons. The fraction of sp³-hybridized carbons (Fsp3) is 0.676. The molecule has 2 heterocycles. The van der Waals surface area contributed by atoms with Crippen LogP contribution in [-0.4, -0.2) is 89.2 Å². The Kier molecular flexibility index (Phi) is 11.6. The first-order valence-corrected chi connectivity index (χ1v) is 17.7. The van der Waals surface area contributed by atoms with Gasteiger partial charge in [0.15, 0.2) is 5.60 Å². The smallest absolute Gasteiger partial charge is 0.408 e. The molecule has 0 radical (unpaired) electrons. The van der Waals surface area contributed by atoms with Crippen LogP contribution in [0.25, 0.3) is 0 Å². The number of Topliss-reactive ketones (excluding diaryl/α,β-unsaturated/α-hetero) is 1. The number of likely N-dealkylation sites (N-methyl/N-ethyl adjacent to an activating group) is 1. The lowest BCUT2D eigenvalue weighted by Crippen LogP contribution is -2.59. The second kappa shape index (κ2) is 15.0. The van der Waals surface area contributed by atoms with Crippen molar-refractivity contribution in [1.29, 1.82) is 0 Å². The van der Waals surface area contributed by atoms with Gasteiger partial charge in [0.25, 0.3) is 5.91 Å². The van der Waals surface area contributed by atoms with Gasteiger partial charge in [-0.05, 0) is 89.5 Å². The number of ketones is 1. The molecule has 2 aliphatic heterocycles. The number of nitrogens with one attached hydrogen (secondary N) is 3. The maximum absolute atomic E-state index is 14.5. The highest BCUT2D eigenvalue weighted by Gasteiger charge is 2.56. The van der Waals surface area contributed by atoms with Gasteiger partial charge in [-0.1, -0.05) is 38.8 Å². The molecule has 4 rings (SSSR count). The number of alkyl carbamates (subject to hydrolysis) is 1. The number of nitrogens with zero attached hydrogens (tertiary/aromatic N) is 2. The maximum atomic E-state index is 14.5. The van der Waals surface area contributed by atoms with Crippen LogP contribution in [-0.2, 0) is 28.8 Å². The van der Waals surface area contributed by atoms with Crippen LogP contribution in [0.1, 0.15) is 104 Å². The van der Waals surface area contributed by atoms with Gasteiger partial charge in [0.05, 0.1) is 24.9 Å². The molecule has 3 aliphatic rings. The Balaban J connectivity index is 1.65. The highest BCUT2D eigenvalue weighted by Crippen LogP contribution is 2.41. The summed E-state index contributed by atoms with van der Waals surface area (Å²) in [6, 6.07) is 0.781. The number of likely N-dealkylation sites (tertiary alicyclic amines) is 1. The monoisotopic (exact) mass is 697 g/mol. The zero-order chi connectivity index (χ0) is 37.2. The third-order valence-electron chi connectivity index (χ3n) is 9.14. The number of carbonyl (C=O) groups excluding carboxylic acids is 5. The Bertz CT molecular complexity index is 1500. The minimum absolute atomic E-state index is 0.00600. The number of carbonyl (C=O) groups is 5. The van der Waals surface area contributed by atoms with Gasteiger partial charge in [-0.2, -0.15) is 0 Å². The van der Waals surface area contributed by atoms with Crippen molar-refractivity contribution in [1.82, 2.24) is 20.9 Å². The number of benzene rings is 1. The highest BCUT2D eigenvalue weighted by atomic mass is 16.7. The van der Waals surface area contributed by atoms with Crippen LogP contribution in [0.4, 0.5) is 4.79 Å². The normalized spacial score (nSPS) is 21.5. The van der Waals surface area contributed by atoms with E-state index in [1.165, 1.54) is 4.90 Å². The number of hydrogen-bond donors (Lipinski definition) is 3. The van der Waals surface area contributed by atoms with Crippen molar-refractivity contribution in [2.45, 2.75) is 131 Å². The fourth-order valence-electron chi connectivity index (χ4n) is 6.61. The SMILES string of the molecule is CCNC(=O)C(=O)[C@H](CC1CC1)NC(=O)[C@@H]1C[C@]2(CC(c3cc(C)c(OCC)c(C)c3)=NO2)CN1C(=O)[C@@H](NC(=O)OC(C)(C)C)C(C)(C)C. The van der Waals surface area contributed by atoms with E-state index in [1.54, 1.807) is 27.7 Å². The molecule has 2 fully saturated rings. The van der Waals surface area contributed by atoms with E-state index in [0.717, 1.165) is 35.3 Å². The second-order valence-corrected chi connectivity index (χ2v) is 16.0. The topological polar surface area (TPSA) is 165 Å². The first-order valence-electron chi connectivity index (χ1n) is 17.7. The Hall–Kier alpha value is -4.16. The van der Waals surface area contributed by atoms with Crippen LogP contribution in [0.15, 0.2) is 17.3 Å². The van der Waals surface area contributed by atoms with Crippen molar-refractivity contribution >= 4 is 35.3 Å². The van der Waals surface area contributed by atoms with Gasteiger partial charge in [0.2, 0.25) is 17.6 Å². The lowest BCUT2D eigenvalue weighted by molar-refractivity contribution is -0.144. The summed E-state index contributed by atoms with van der Waals surface area (Å²) in [5.41, 5.74) is 0.801. The molecule has 1 saturated carbocycles. The Morgan fingerprint density at radius 1 is 1.02 bits per heavy atom. The van der Waals surface area contributed by atoms with Gasteiger partial charge in [0.1, 0.15) is 23.4 Å². The maximum Gasteiger partial charge on any atom is 0.408 e. The quantitative estimate of drug-likeness (QED) is 0.275. The summed E-state index contributed by atoms with van der Waals surface area (Å²) in [7, 11) is 0. The van der Waals surface area contributed by atoms with Crippen molar-refractivity contribution in [2.24, 2.45) is 16.5 Å². The summed E-state index contributed by atoms with van der Waals surface area (Å²) in [5, 5.41) is 12.6. The van der Waals surface area contributed by atoms with Gasteiger partial charge in [0, 0.05) is 24.9 Å². The van der Waals surface area contributed by atoms with Crippen molar-refractivity contribution in [3.05, 3.63) is 28.8 Å². The highest BCUT2D eigenvalue weighted by molar-refractivity contribution is 6.38. The third kappa shape index (κ3) is 9.33. The number of amides is 4. The molecular weight excluding hydrogens is 642 g/mol. The van der Waals surface area contributed by atoms with Gasteiger partial charge in [-0.15, -0.1) is 0 Å². The first-order chi connectivity index (χ1) is 23.3. The zero-order valence-corrected chi connectivity index (χ0v) is 31.3. The molecule has 13 nitrogen and oxygen atoms in total. The molecule has 0 aromatic heterocycles. The second-order valence-electron chi connectivity index (χ2n) is 16.0. The Morgan fingerprint density at radius 2 is 1.66 bits per heavy atom. The average Bonchev–Trinajstić information content (AvgIpc) is 3.61. The minimum Gasteiger partial charge on any atom is -0.493 e. The van der Waals surface area contributed by atoms with Crippen LogP contribution in [0, 0.1) is 25.2 Å². The van der Waals surface area contributed by atoms with Crippen LogP contribution in [0.5, 0.6) is 5.75 Å². The molecule has 50 heavy (non-hydrogen) atoms. The molecule has 4 amide bonds. The van der Waals surface area contributed by atoms with Crippen LogP contribution < -0.4 is 20.7 Å². The molecular formula is C37H55N5O8. The van der Waals surface area contributed by atoms with Crippen LogP contribution >= 0.6 is 0 Å². The summed E-state index contributed by atoms with van der Waals surface area (Å²) in [5.74, 6) is -1.52. The molecule has 1 saturated heterocycles. The van der Waals surface area contributed by atoms with Crippen molar-refractivity contribution in [3.8, 4) is 5.75 Å². The third-order valence-corrected chi connectivity index (χ3v) is 9.14. The van der Waals surface area contributed by atoms with E-state index in [2.05, 4.69) is 21.1 Å². The van der Waals surface area contributed by atoms with E-state index >= 15 is 0 Å². The van der Waals surface area contributed by atoms with E-state index < -0.39 is 64.3 Å². The van der Waals surface area contributed by atoms with Gasteiger partial charge in [-0.3, -0.25) is 19.2 Å². The molecule has 13 heteroatoms. The number of rotatable bonds is 12. The summed E-state index contributed by atoms with van der Waals surface area (Å²) in [4.78, 5) is 75.0. The van der Waals surface area contributed by atoms with E-state index in [0.29, 0.717) is 25.2 Å². The molecule has 1 aromatic rings. The van der Waals surface area contributed by atoms with Gasteiger partial charge < -0.3 is 35.2 Å². The van der Waals surface area contributed by atoms with Crippen molar-refractivity contribution in [2.75, 3.05) is 19.7 Å². The molecule has 0 bridgehead atoms. The number of aryl methyl sites for hydroxylation is 2. The van der Waals surface area contributed by atoms with Crippen molar-refractivity contribution in [3.63, 3.8) is 0 Å². The summed E-state index contributed by atoms with van der Waals surface area (Å²) >= 11 is 0. The molecule has 1 aliphatic carbocycles. The van der Waals surface area contributed by atoms with E-state index in [4.69, 9.17) is 14.3 Å². The molecule has 3 N–H and O–H groups in total. The number of ether oxygens (including phenoxy) is 2. The Morgan fingerprint density at radius 3 is 2.20 bits per heavy atom. The summed E-state index contributed by atoms with van der Waals surface area (Å²) in [6.45, 7) is 19.0.